The first-order valence-electron chi connectivity index (χ1n) is 10.5. The lowest BCUT2D eigenvalue weighted by atomic mass is 10.2. The maximum absolute atomic E-state index is 12.1. The molecule has 1 amide bonds. The van der Waals surface area contributed by atoms with Crippen LogP contribution in [-0.4, -0.2) is 98.6 Å². The highest BCUT2D eigenvalue weighted by atomic mass is 16.2. The molecule has 2 N–H and O–H groups in total. The van der Waals surface area contributed by atoms with E-state index in [1.54, 1.807) is 0 Å². The first kappa shape index (κ1) is 21.0. The molecule has 0 bridgehead atoms. The fraction of sp³-hybridized carbons (Fsp3) is 0.895. The average molecular weight is 367 g/mol. The number of carbonyl (C=O) groups excluding carboxylic acids is 1. The third-order valence-corrected chi connectivity index (χ3v) is 5.28. The van der Waals surface area contributed by atoms with Crippen LogP contribution in [0.1, 0.15) is 39.5 Å². The fourth-order valence-corrected chi connectivity index (χ4v) is 3.55. The molecule has 7 heteroatoms. The van der Waals surface area contributed by atoms with Gasteiger partial charge in [0.25, 0.3) is 0 Å². The highest BCUT2D eigenvalue weighted by molar-refractivity contribution is 5.85. The van der Waals surface area contributed by atoms with Crippen LogP contribution in [-0.2, 0) is 4.79 Å². The molecule has 2 fully saturated rings. The van der Waals surface area contributed by atoms with Gasteiger partial charge >= 0.3 is 0 Å². The first-order chi connectivity index (χ1) is 12.7. The molecule has 2 aliphatic rings. The quantitative estimate of drug-likeness (QED) is 0.355. The topological polar surface area (TPSA) is 63.2 Å². The van der Waals surface area contributed by atoms with Gasteiger partial charge in [-0.05, 0) is 45.7 Å². The number of nitrogens with one attached hydrogen (secondary N) is 2. The maximum atomic E-state index is 12.1. The second-order valence-electron chi connectivity index (χ2n) is 7.19. The highest BCUT2D eigenvalue weighted by Crippen LogP contribution is 2.07. The minimum absolute atomic E-state index is 0.144. The normalized spacial score (nSPS) is 19.8. The molecule has 0 aromatic carbocycles. The molecular weight excluding hydrogens is 328 g/mol. The molecule has 26 heavy (non-hydrogen) atoms. The molecule has 0 aromatic heterocycles. The smallest absolute Gasteiger partial charge is 0.244 e. The van der Waals surface area contributed by atoms with Gasteiger partial charge in [-0.1, -0.05) is 6.92 Å². The number of guanidine groups is 1. The van der Waals surface area contributed by atoms with Crippen LogP contribution in [0.2, 0.25) is 0 Å². The van der Waals surface area contributed by atoms with Crippen molar-refractivity contribution in [3.05, 3.63) is 0 Å². The standard InChI is InChI=1S/C19H38N6O/c1-3-20-19(22-17-18(26)25-11-7-8-12-25)21-9-5-6-10-24-15-13-23(4-2)14-16-24/h3-17H2,1-2H3,(H2,20,21,22). The molecule has 0 spiro atoms. The van der Waals surface area contributed by atoms with Crippen molar-refractivity contribution in [1.82, 2.24) is 25.3 Å². The zero-order valence-corrected chi connectivity index (χ0v) is 16.8. The zero-order chi connectivity index (χ0) is 18.6. The number of nitrogens with zero attached hydrogens (tertiary/aromatic N) is 4. The van der Waals surface area contributed by atoms with Gasteiger partial charge in [-0.25, -0.2) is 4.99 Å². The predicted octanol–water partition coefficient (Wildman–Crippen LogP) is 0.582. The Kier molecular flexibility index (Phi) is 9.77. The van der Waals surface area contributed by atoms with Gasteiger partial charge in [0, 0.05) is 52.4 Å². The lowest BCUT2D eigenvalue weighted by Gasteiger charge is -2.34. The van der Waals surface area contributed by atoms with Gasteiger partial charge in [-0.3, -0.25) is 4.79 Å². The molecule has 2 aliphatic heterocycles. The Morgan fingerprint density at radius 3 is 2.27 bits per heavy atom. The summed E-state index contributed by atoms with van der Waals surface area (Å²) in [5.41, 5.74) is 0. The van der Waals surface area contributed by atoms with E-state index in [4.69, 9.17) is 0 Å². The van der Waals surface area contributed by atoms with E-state index in [2.05, 4.69) is 39.3 Å². The molecule has 0 aromatic rings. The Labute approximate surface area is 159 Å². The summed E-state index contributed by atoms with van der Waals surface area (Å²) in [7, 11) is 0. The Morgan fingerprint density at radius 2 is 1.62 bits per heavy atom. The Bertz CT molecular complexity index is 428. The van der Waals surface area contributed by atoms with Crippen molar-refractivity contribution in [3.8, 4) is 0 Å². The van der Waals surface area contributed by atoms with E-state index in [9.17, 15) is 4.79 Å². The third kappa shape index (κ3) is 7.50. The molecule has 150 valence electrons. The number of rotatable bonds is 9. The van der Waals surface area contributed by atoms with Crippen molar-refractivity contribution >= 4 is 11.9 Å². The average Bonchev–Trinajstić information content (AvgIpc) is 3.21. The van der Waals surface area contributed by atoms with Crippen molar-refractivity contribution in [1.29, 1.82) is 0 Å². The number of likely N-dealkylation sites (N-methyl/N-ethyl adjacent to an activating group) is 1. The number of amides is 1. The van der Waals surface area contributed by atoms with E-state index in [-0.39, 0.29) is 12.5 Å². The molecule has 2 saturated heterocycles. The number of aliphatic imine (C=N–C) groups is 1. The van der Waals surface area contributed by atoms with Gasteiger partial charge < -0.3 is 25.3 Å². The molecule has 0 saturated carbocycles. The van der Waals surface area contributed by atoms with E-state index in [0.717, 1.165) is 51.4 Å². The van der Waals surface area contributed by atoms with Crippen LogP contribution >= 0.6 is 0 Å². The fourth-order valence-electron chi connectivity index (χ4n) is 3.55. The van der Waals surface area contributed by atoms with Gasteiger partial charge in [0.05, 0.1) is 0 Å². The Hall–Kier alpha value is -1.34. The van der Waals surface area contributed by atoms with Crippen LogP contribution in [0.15, 0.2) is 4.99 Å². The summed E-state index contributed by atoms with van der Waals surface area (Å²) < 4.78 is 0. The van der Waals surface area contributed by atoms with Crippen LogP contribution in [0.5, 0.6) is 0 Å². The SMILES string of the molecule is CCNC(=NCC(=O)N1CCCC1)NCCCCN1CCN(CC)CC1. The van der Waals surface area contributed by atoms with E-state index in [1.165, 1.54) is 45.7 Å². The van der Waals surface area contributed by atoms with Crippen LogP contribution in [0.3, 0.4) is 0 Å². The van der Waals surface area contributed by atoms with Crippen molar-refractivity contribution in [3.63, 3.8) is 0 Å². The van der Waals surface area contributed by atoms with E-state index in [1.807, 2.05) is 4.90 Å². The summed E-state index contributed by atoms with van der Waals surface area (Å²) in [5.74, 6) is 0.905. The van der Waals surface area contributed by atoms with E-state index < -0.39 is 0 Å². The number of likely N-dealkylation sites (tertiary alicyclic amines) is 1. The number of hydrogen-bond donors (Lipinski definition) is 2. The van der Waals surface area contributed by atoms with Crippen molar-refractivity contribution in [2.24, 2.45) is 4.99 Å². The lowest BCUT2D eigenvalue weighted by molar-refractivity contribution is -0.128. The minimum atomic E-state index is 0.144. The molecule has 7 nitrogen and oxygen atoms in total. The summed E-state index contributed by atoms with van der Waals surface area (Å²) in [6, 6.07) is 0. The summed E-state index contributed by atoms with van der Waals surface area (Å²) in [6.45, 7) is 15.2. The second-order valence-corrected chi connectivity index (χ2v) is 7.19. The maximum Gasteiger partial charge on any atom is 0.244 e. The largest absolute Gasteiger partial charge is 0.357 e. The van der Waals surface area contributed by atoms with Gasteiger partial charge in [0.1, 0.15) is 6.54 Å². The first-order valence-corrected chi connectivity index (χ1v) is 10.5. The monoisotopic (exact) mass is 366 g/mol. The van der Waals surface area contributed by atoms with E-state index in [0.29, 0.717) is 0 Å². The van der Waals surface area contributed by atoms with Gasteiger partial charge in [-0.2, -0.15) is 0 Å². The number of piperazine rings is 1. The van der Waals surface area contributed by atoms with E-state index >= 15 is 0 Å². The number of hydrogen-bond acceptors (Lipinski definition) is 4. The zero-order valence-electron chi connectivity index (χ0n) is 16.8. The molecule has 2 rings (SSSR count). The van der Waals surface area contributed by atoms with Crippen LogP contribution < -0.4 is 10.6 Å². The van der Waals surface area contributed by atoms with Gasteiger partial charge in [0.15, 0.2) is 5.96 Å². The van der Waals surface area contributed by atoms with Gasteiger partial charge in [0.2, 0.25) is 5.91 Å². The summed E-state index contributed by atoms with van der Waals surface area (Å²) in [5, 5.41) is 6.59. The third-order valence-electron chi connectivity index (χ3n) is 5.28. The predicted molar refractivity (Wildman–Crippen MR) is 108 cm³/mol. The van der Waals surface area contributed by atoms with Crippen molar-refractivity contribution < 1.29 is 4.79 Å². The molecule has 0 unspecified atom stereocenters. The molecular formula is C19H38N6O. The van der Waals surface area contributed by atoms with Crippen LogP contribution in [0, 0.1) is 0 Å². The number of unbranched alkanes of at least 4 members (excludes halogenated alkanes) is 1. The van der Waals surface area contributed by atoms with Crippen LogP contribution in [0.4, 0.5) is 0 Å². The summed E-state index contributed by atoms with van der Waals surface area (Å²) in [6.07, 6.45) is 4.58. The summed E-state index contributed by atoms with van der Waals surface area (Å²) >= 11 is 0. The molecule has 0 radical (unpaired) electrons. The molecule has 0 aliphatic carbocycles. The Balaban J connectivity index is 1.58. The van der Waals surface area contributed by atoms with Crippen LogP contribution in [0.25, 0.3) is 0 Å². The minimum Gasteiger partial charge on any atom is -0.357 e. The second kappa shape index (κ2) is 12.1. The summed E-state index contributed by atoms with van der Waals surface area (Å²) in [4.78, 5) is 23.6. The lowest BCUT2D eigenvalue weighted by Crippen LogP contribution is -2.46. The molecule has 0 atom stereocenters. The van der Waals surface area contributed by atoms with Gasteiger partial charge in [-0.15, -0.1) is 0 Å². The Morgan fingerprint density at radius 1 is 0.923 bits per heavy atom. The number of carbonyl (C=O) groups is 1. The molecule has 2 heterocycles. The highest BCUT2D eigenvalue weighted by Gasteiger charge is 2.17. The van der Waals surface area contributed by atoms with Crippen molar-refractivity contribution in [2.75, 3.05) is 72.0 Å². The van der Waals surface area contributed by atoms with Crippen molar-refractivity contribution in [2.45, 2.75) is 39.5 Å².